The van der Waals surface area contributed by atoms with Crippen molar-refractivity contribution in [1.29, 1.82) is 0 Å². The SMILES string of the molecule is CC(C)[C@@H](C(=O)O[C@@H](C)C(=O)c1ccccc1)N1C(=O)[C@@H]2[C@H]3C=C[C@@H]([C@@H]4C[C@H]34)[C@@H]2C1=O. The number of allylic oxidation sites excluding steroid dienone is 2. The summed E-state index contributed by atoms with van der Waals surface area (Å²) in [5.41, 5.74) is 0.449. The lowest BCUT2D eigenvalue weighted by Gasteiger charge is -2.37. The van der Waals surface area contributed by atoms with Crippen LogP contribution in [-0.2, 0) is 19.1 Å². The Morgan fingerprint density at radius 1 is 0.935 bits per heavy atom. The second kappa shape index (κ2) is 7.14. The molecule has 8 atom stereocenters. The van der Waals surface area contributed by atoms with Crippen LogP contribution in [0.15, 0.2) is 42.5 Å². The minimum Gasteiger partial charge on any atom is -0.453 e. The molecule has 6 heteroatoms. The third-order valence-electron chi connectivity index (χ3n) is 7.57. The Kier molecular flexibility index (Phi) is 4.65. The van der Waals surface area contributed by atoms with Crippen LogP contribution in [-0.4, -0.2) is 40.6 Å². The number of rotatable bonds is 6. The van der Waals surface area contributed by atoms with Gasteiger partial charge in [-0.2, -0.15) is 0 Å². The molecule has 31 heavy (non-hydrogen) atoms. The highest BCUT2D eigenvalue weighted by Crippen LogP contribution is 2.65. The van der Waals surface area contributed by atoms with Gasteiger partial charge in [0.05, 0.1) is 11.8 Å². The van der Waals surface area contributed by atoms with Gasteiger partial charge in [0.1, 0.15) is 6.04 Å². The lowest BCUT2D eigenvalue weighted by Crippen LogP contribution is -2.50. The molecule has 1 aliphatic heterocycles. The molecule has 0 radical (unpaired) electrons. The standard InChI is InChI=1S/C25H27NO5/c1-12(2)21(25(30)31-13(3)22(27)14-7-5-4-6-8-14)26-23(28)19-15-9-10-16(18-11-17(15)18)20(19)24(26)29/h4-10,12-13,15-21H,11H2,1-3H3/t13-,15-,16-,17-,18+,19-,20+,21-/m0/s1. The number of ether oxygens (including phenoxy) is 1. The van der Waals surface area contributed by atoms with Gasteiger partial charge in [-0.3, -0.25) is 19.3 Å². The van der Waals surface area contributed by atoms with Crippen molar-refractivity contribution in [2.75, 3.05) is 0 Å². The third-order valence-corrected chi connectivity index (χ3v) is 7.57. The molecule has 1 aromatic carbocycles. The van der Waals surface area contributed by atoms with Crippen molar-refractivity contribution in [3.63, 3.8) is 0 Å². The Balaban J connectivity index is 1.36. The number of benzene rings is 1. The van der Waals surface area contributed by atoms with Crippen LogP contribution in [0.25, 0.3) is 0 Å². The molecule has 1 heterocycles. The molecule has 0 aromatic heterocycles. The number of carbonyl (C=O) groups excluding carboxylic acids is 4. The fraction of sp³-hybridized carbons (Fsp3) is 0.520. The van der Waals surface area contributed by atoms with E-state index in [9.17, 15) is 19.2 Å². The quantitative estimate of drug-likeness (QED) is 0.305. The molecule has 2 amide bonds. The fourth-order valence-corrected chi connectivity index (χ4v) is 6.06. The molecule has 0 unspecified atom stereocenters. The molecule has 5 aliphatic rings. The average Bonchev–Trinajstić information content (AvgIpc) is 3.54. The van der Waals surface area contributed by atoms with Crippen LogP contribution in [0, 0.1) is 41.4 Å². The van der Waals surface area contributed by atoms with E-state index in [1.165, 1.54) is 11.8 Å². The van der Waals surface area contributed by atoms with Gasteiger partial charge in [-0.25, -0.2) is 4.79 Å². The summed E-state index contributed by atoms with van der Waals surface area (Å²) in [4.78, 5) is 53.7. The highest BCUT2D eigenvalue weighted by atomic mass is 16.5. The van der Waals surface area contributed by atoms with Gasteiger partial charge in [-0.15, -0.1) is 0 Å². The Morgan fingerprint density at radius 2 is 1.48 bits per heavy atom. The normalized spacial score (nSPS) is 34.4. The molecule has 6 nitrogen and oxygen atoms in total. The van der Waals surface area contributed by atoms with E-state index >= 15 is 0 Å². The molecule has 6 rings (SSSR count). The largest absolute Gasteiger partial charge is 0.453 e. The van der Waals surface area contributed by atoms with Crippen LogP contribution in [0.5, 0.6) is 0 Å². The first-order valence-electron chi connectivity index (χ1n) is 11.2. The van der Waals surface area contributed by atoms with Crippen LogP contribution in [0.4, 0.5) is 0 Å². The summed E-state index contributed by atoms with van der Waals surface area (Å²) in [6.07, 6.45) is 4.30. The molecule has 2 bridgehead atoms. The topological polar surface area (TPSA) is 80.8 Å². The van der Waals surface area contributed by atoms with Crippen molar-refractivity contribution < 1.29 is 23.9 Å². The molecule has 0 spiro atoms. The summed E-state index contributed by atoms with van der Waals surface area (Å²) in [6.45, 7) is 5.11. The first kappa shape index (κ1) is 20.2. The molecule has 1 aromatic rings. The molecular weight excluding hydrogens is 394 g/mol. The molecule has 162 valence electrons. The molecular formula is C25H27NO5. The zero-order valence-corrected chi connectivity index (χ0v) is 17.9. The summed E-state index contributed by atoms with van der Waals surface area (Å²) in [7, 11) is 0. The number of nitrogens with zero attached hydrogens (tertiary/aromatic N) is 1. The van der Waals surface area contributed by atoms with E-state index in [0.717, 1.165) is 6.42 Å². The van der Waals surface area contributed by atoms with Crippen molar-refractivity contribution in [2.45, 2.75) is 39.3 Å². The van der Waals surface area contributed by atoms with Crippen LogP contribution in [0.2, 0.25) is 0 Å². The Bertz CT molecular complexity index is 947. The number of Topliss-reactive ketones (excluding diaryl/α,β-unsaturated/α-hetero) is 1. The minimum absolute atomic E-state index is 0.101. The maximum absolute atomic E-state index is 13.4. The van der Waals surface area contributed by atoms with Crippen LogP contribution < -0.4 is 0 Å². The Labute approximate surface area is 181 Å². The summed E-state index contributed by atoms with van der Waals surface area (Å²) >= 11 is 0. The lowest BCUT2D eigenvalue weighted by molar-refractivity contribution is -0.162. The summed E-state index contributed by atoms with van der Waals surface area (Å²) in [5, 5.41) is 0. The number of ketones is 1. The predicted molar refractivity (Wildman–Crippen MR) is 112 cm³/mol. The van der Waals surface area contributed by atoms with E-state index in [1.807, 2.05) is 0 Å². The third kappa shape index (κ3) is 2.99. The monoisotopic (exact) mass is 421 g/mol. The maximum Gasteiger partial charge on any atom is 0.330 e. The molecule has 2 saturated carbocycles. The zero-order valence-electron chi connectivity index (χ0n) is 17.9. The van der Waals surface area contributed by atoms with E-state index in [2.05, 4.69) is 12.2 Å². The van der Waals surface area contributed by atoms with Gasteiger partial charge in [0.15, 0.2) is 6.10 Å². The number of carbonyl (C=O) groups is 4. The van der Waals surface area contributed by atoms with Gasteiger partial charge in [-0.1, -0.05) is 56.3 Å². The lowest BCUT2D eigenvalue weighted by atomic mass is 9.63. The van der Waals surface area contributed by atoms with Crippen LogP contribution in [0.1, 0.15) is 37.6 Å². The van der Waals surface area contributed by atoms with E-state index < -0.39 is 18.1 Å². The molecule has 1 saturated heterocycles. The summed E-state index contributed by atoms with van der Waals surface area (Å²) < 4.78 is 5.50. The van der Waals surface area contributed by atoms with Gasteiger partial charge in [-0.05, 0) is 42.9 Å². The van der Waals surface area contributed by atoms with Crippen molar-refractivity contribution in [3.05, 3.63) is 48.0 Å². The van der Waals surface area contributed by atoms with E-state index in [0.29, 0.717) is 17.4 Å². The van der Waals surface area contributed by atoms with Crippen LogP contribution >= 0.6 is 0 Å². The van der Waals surface area contributed by atoms with E-state index in [-0.39, 0.29) is 47.2 Å². The maximum atomic E-state index is 13.4. The van der Waals surface area contributed by atoms with Crippen molar-refractivity contribution in [3.8, 4) is 0 Å². The smallest absolute Gasteiger partial charge is 0.330 e. The molecule has 3 fully saturated rings. The van der Waals surface area contributed by atoms with Gasteiger partial charge < -0.3 is 4.74 Å². The van der Waals surface area contributed by atoms with Crippen LogP contribution in [0.3, 0.4) is 0 Å². The minimum atomic E-state index is -1.02. The van der Waals surface area contributed by atoms with Gasteiger partial charge in [0, 0.05) is 5.56 Å². The first-order chi connectivity index (χ1) is 14.8. The number of imide groups is 1. The van der Waals surface area contributed by atoms with Gasteiger partial charge in [0.2, 0.25) is 17.6 Å². The second-order valence-electron chi connectivity index (χ2n) is 9.70. The predicted octanol–water partition coefficient (Wildman–Crippen LogP) is 2.88. The molecule has 4 aliphatic carbocycles. The first-order valence-corrected chi connectivity index (χ1v) is 11.2. The van der Waals surface area contributed by atoms with Crippen molar-refractivity contribution in [2.24, 2.45) is 41.4 Å². The number of esters is 1. The summed E-state index contributed by atoms with van der Waals surface area (Å²) in [6, 6.07) is 7.60. The fourth-order valence-electron chi connectivity index (χ4n) is 6.06. The number of hydrogen-bond donors (Lipinski definition) is 0. The summed E-state index contributed by atoms with van der Waals surface area (Å²) in [5.74, 6) is -1.35. The highest BCUT2D eigenvalue weighted by molar-refractivity contribution is 6.09. The highest BCUT2D eigenvalue weighted by Gasteiger charge is 2.68. The Hall–Kier alpha value is -2.76. The van der Waals surface area contributed by atoms with Gasteiger partial charge in [0.25, 0.3) is 0 Å². The van der Waals surface area contributed by atoms with Crippen molar-refractivity contribution in [1.82, 2.24) is 4.90 Å². The average molecular weight is 421 g/mol. The number of hydrogen-bond acceptors (Lipinski definition) is 5. The van der Waals surface area contributed by atoms with E-state index in [4.69, 9.17) is 4.74 Å². The van der Waals surface area contributed by atoms with Gasteiger partial charge >= 0.3 is 5.97 Å². The number of amides is 2. The second-order valence-corrected chi connectivity index (χ2v) is 9.70. The van der Waals surface area contributed by atoms with Crippen molar-refractivity contribution >= 4 is 23.6 Å². The Morgan fingerprint density at radius 3 is 2.00 bits per heavy atom. The molecule has 0 N–H and O–H groups in total. The number of likely N-dealkylation sites (tertiary alicyclic amines) is 1. The van der Waals surface area contributed by atoms with E-state index in [1.54, 1.807) is 44.2 Å². The zero-order chi connectivity index (χ0) is 22.0.